The number of amides is 1. The van der Waals surface area contributed by atoms with Crippen LogP contribution in [0.5, 0.6) is 0 Å². The van der Waals surface area contributed by atoms with Crippen molar-refractivity contribution in [3.05, 3.63) is 34.9 Å². The van der Waals surface area contributed by atoms with E-state index in [1.807, 2.05) is 36.9 Å². The number of hydrogen-bond donors (Lipinski definition) is 2. The Labute approximate surface area is 124 Å². The molecule has 20 heavy (non-hydrogen) atoms. The van der Waals surface area contributed by atoms with Crippen molar-refractivity contribution in [1.29, 1.82) is 0 Å². The van der Waals surface area contributed by atoms with Gasteiger partial charge in [0.15, 0.2) is 0 Å². The summed E-state index contributed by atoms with van der Waals surface area (Å²) in [6, 6.07) is 5.85. The first-order valence-corrected chi connectivity index (χ1v) is 7.95. The third-order valence-corrected chi connectivity index (χ3v) is 4.43. The fourth-order valence-electron chi connectivity index (χ4n) is 2.21. The van der Waals surface area contributed by atoms with E-state index in [2.05, 4.69) is 17.2 Å². The van der Waals surface area contributed by atoms with Gasteiger partial charge in [0, 0.05) is 17.4 Å². The Morgan fingerprint density at radius 3 is 3.10 bits per heavy atom. The summed E-state index contributed by atoms with van der Waals surface area (Å²) in [7, 11) is 0. The summed E-state index contributed by atoms with van der Waals surface area (Å²) in [6.07, 6.45) is 2.20. The van der Waals surface area contributed by atoms with Gasteiger partial charge in [0.05, 0.1) is 5.56 Å². The lowest BCUT2D eigenvalue weighted by molar-refractivity contribution is 0.0938. The van der Waals surface area contributed by atoms with E-state index in [1.165, 1.54) is 5.75 Å². The van der Waals surface area contributed by atoms with Crippen LogP contribution in [0.15, 0.2) is 18.2 Å². The lowest BCUT2D eigenvalue weighted by atomic mass is 10.0. The third kappa shape index (κ3) is 4.03. The summed E-state index contributed by atoms with van der Waals surface area (Å²) in [4.78, 5) is 12.4. The third-order valence-electron chi connectivity index (χ3n) is 3.22. The maximum atomic E-state index is 12.4. The molecule has 1 heterocycles. The van der Waals surface area contributed by atoms with E-state index < -0.39 is 0 Å². The van der Waals surface area contributed by atoms with E-state index >= 15 is 0 Å². The normalized spacial score (nSPS) is 18.0. The summed E-state index contributed by atoms with van der Waals surface area (Å²) < 4.78 is 0. The number of aryl methyl sites for hydroxylation is 1. The number of carbonyl (C=O) groups is 1. The Kier molecular flexibility index (Phi) is 5.51. The summed E-state index contributed by atoms with van der Waals surface area (Å²) in [5.74, 6) is 7.56. The predicted molar refractivity (Wildman–Crippen MR) is 83.0 cm³/mol. The Morgan fingerprint density at radius 1 is 1.55 bits per heavy atom. The fraction of sp³-hybridized carbons (Fsp3) is 0.438. The SMILES string of the molecule is Cc1ccc(C(=O)NC2CCCSC2)c(C#CCO)c1. The zero-order valence-electron chi connectivity index (χ0n) is 11.6. The van der Waals surface area contributed by atoms with Crippen LogP contribution in [-0.2, 0) is 0 Å². The molecule has 2 rings (SSSR count). The summed E-state index contributed by atoms with van der Waals surface area (Å²) in [5.41, 5.74) is 2.32. The van der Waals surface area contributed by atoms with Crippen molar-refractivity contribution in [3.63, 3.8) is 0 Å². The van der Waals surface area contributed by atoms with Gasteiger partial charge in [-0.15, -0.1) is 0 Å². The fourth-order valence-corrected chi connectivity index (χ4v) is 3.28. The van der Waals surface area contributed by atoms with Gasteiger partial charge in [-0.05, 0) is 43.2 Å². The van der Waals surface area contributed by atoms with E-state index in [9.17, 15) is 4.79 Å². The second-order valence-electron chi connectivity index (χ2n) is 4.90. The van der Waals surface area contributed by atoms with Crippen molar-refractivity contribution >= 4 is 17.7 Å². The highest BCUT2D eigenvalue weighted by Crippen LogP contribution is 2.18. The van der Waals surface area contributed by atoms with Crippen LogP contribution in [0.3, 0.4) is 0 Å². The largest absolute Gasteiger partial charge is 0.384 e. The second kappa shape index (κ2) is 7.37. The highest BCUT2D eigenvalue weighted by Gasteiger charge is 2.18. The zero-order chi connectivity index (χ0) is 14.4. The molecule has 1 aromatic rings. The van der Waals surface area contributed by atoms with Gasteiger partial charge < -0.3 is 10.4 Å². The molecule has 0 aliphatic carbocycles. The molecule has 1 saturated heterocycles. The maximum absolute atomic E-state index is 12.4. The number of rotatable bonds is 2. The van der Waals surface area contributed by atoms with Crippen LogP contribution in [-0.4, -0.2) is 35.2 Å². The molecule has 1 aliphatic heterocycles. The van der Waals surface area contributed by atoms with Crippen LogP contribution in [0.25, 0.3) is 0 Å². The van der Waals surface area contributed by atoms with Crippen LogP contribution in [0.4, 0.5) is 0 Å². The molecule has 2 N–H and O–H groups in total. The Morgan fingerprint density at radius 2 is 2.40 bits per heavy atom. The van der Waals surface area contributed by atoms with Gasteiger partial charge in [-0.1, -0.05) is 17.9 Å². The minimum Gasteiger partial charge on any atom is -0.384 e. The van der Waals surface area contributed by atoms with Crippen LogP contribution < -0.4 is 5.32 Å². The summed E-state index contributed by atoms with van der Waals surface area (Å²) >= 11 is 1.88. The number of carbonyl (C=O) groups excluding carboxylic acids is 1. The van der Waals surface area contributed by atoms with Crippen LogP contribution >= 0.6 is 11.8 Å². The van der Waals surface area contributed by atoms with Crippen molar-refractivity contribution < 1.29 is 9.90 Å². The van der Waals surface area contributed by atoms with Crippen molar-refractivity contribution in [1.82, 2.24) is 5.32 Å². The molecular weight excluding hydrogens is 270 g/mol. The molecule has 0 saturated carbocycles. The topological polar surface area (TPSA) is 49.3 Å². The molecule has 0 radical (unpaired) electrons. The van der Waals surface area contributed by atoms with E-state index in [-0.39, 0.29) is 18.6 Å². The first-order chi connectivity index (χ1) is 9.70. The quantitative estimate of drug-likeness (QED) is 0.818. The van der Waals surface area contributed by atoms with E-state index in [4.69, 9.17) is 5.11 Å². The predicted octanol–water partition coefficient (Wildman–Crippen LogP) is 1.96. The molecule has 0 spiro atoms. The van der Waals surface area contributed by atoms with E-state index in [0.717, 1.165) is 24.2 Å². The van der Waals surface area contributed by atoms with Gasteiger partial charge in [0.25, 0.3) is 5.91 Å². The van der Waals surface area contributed by atoms with Gasteiger partial charge >= 0.3 is 0 Å². The second-order valence-corrected chi connectivity index (χ2v) is 6.05. The van der Waals surface area contributed by atoms with Gasteiger partial charge in [-0.3, -0.25) is 4.79 Å². The lowest BCUT2D eigenvalue weighted by Crippen LogP contribution is -2.38. The molecule has 106 valence electrons. The van der Waals surface area contributed by atoms with E-state index in [1.54, 1.807) is 0 Å². The molecule has 0 bridgehead atoms. The minimum atomic E-state index is -0.200. The molecule has 1 amide bonds. The van der Waals surface area contributed by atoms with E-state index in [0.29, 0.717) is 11.1 Å². The van der Waals surface area contributed by atoms with Crippen molar-refractivity contribution in [3.8, 4) is 11.8 Å². The molecule has 1 aromatic carbocycles. The van der Waals surface area contributed by atoms with Gasteiger partial charge in [0.2, 0.25) is 0 Å². The monoisotopic (exact) mass is 289 g/mol. The minimum absolute atomic E-state index is 0.0697. The van der Waals surface area contributed by atoms with Gasteiger partial charge in [-0.25, -0.2) is 0 Å². The van der Waals surface area contributed by atoms with Crippen molar-refractivity contribution in [2.24, 2.45) is 0 Å². The van der Waals surface area contributed by atoms with Crippen LogP contribution in [0.1, 0.15) is 34.3 Å². The Bertz CT molecular complexity index is 539. The molecule has 1 aliphatic rings. The summed E-state index contributed by atoms with van der Waals surface area (Å²) in [6.45, 7) is 1.76. The maximum Gasteiger partial charge on any atom is 0.252 e. The number of nitrogens with one attached hydrogen (secondary N) is 1. The Hall–Kier alpha value is -1.44. The molecule has 1 unspecified atom stereocenters. The standard InChI is InChI=1S/C16H19NO2S/c1-12-6-7-15(13(10-12)4-2-8-18)16(19)17-14-5-3-9-20-11-14/h6-7,10,14,18H,3,5,8-9,11H2,1H3,(H,17,19). The average Bonchev–Trinajstić information content (AvgIpc) is 2.46. The number of aliphatic hydroxyl groups is 1. The average molecular weight is 289 g/mol. The molecule has 1 atom stereocenters. The molecular formula is C16H19NO2S. The number of benzene rings is 1. The molecule has 0 aromatic heterocycles. The molecule has 4 heteroatoms. The number of hydrogen-bond acceptors (Lipinski definition) is 3. The highest BCUT2D eigenvalue weighted by molar-refractivity contribution is 7.99. The number of thioether (sulfide) groups is 1. The smallest absolute Gasteiger partial charge is 0.252 e. The molecule has 3 nitrogen and oxygen atoms in total. The van der Waals surface area contributed by atoms with Gasteiger partial charge in [-0.2, -0.15) is 11.8 Å². The molecule has 1 fully saturated rings. The van der Waals surface area contributed by atoms with Crippen molar-refractivity contribution in [2.75, 3.05) is 18.1 Å². The lowest BCUT2D eigenvalue weighted by Gasteiger charge is -2.22. The summed E-state index contributed by atoms with van der Waals surface area (Å²) in [5, 5.41) is 11.9. The van der Waals surface area contributed by atoms with Crippen LogP contribution in [0.2, 0.25) is 0 Å². The first kappa shape index (κ1) is 15.0. The van der Waals surface area contributed by atoms with Crippen molar-refractivity contribution in [2.45, 2.75) is 25.8 Å². The first-order valence-electron chi connectivity index (χ1n) is 6.79. The highest BCUT2D eigenvalue weighted by atomic mass is 32.2. The van der Waals surface area contributed by atoms with Gasteiger partial charge in [0.1, 0.15) is 6.61 Å². The zero-order valence-corrected chi connectivity index (χ0v) is 12.4. The Balaban J connectivity index is 2.15. The van der Waals surface area contributed by atoms with Crippen LogP contribution in [0, 0.1) is 18.8 Å². The number of aliphatic hydroxyl groups excluding tert-OH is 1.